The maximum Gasteiger partial charge on any atom is 0.155 e. The van der Waals surface area contributed by atoms with Gasteiger partial charge >= 0.3 is 0 Å². The molecule has 1 saturated carbocycles. The molecule has 0 bridgehead atoms. The van der Waals surface area contributed by atoms with Crippen molar-refractivity contribution in [3.8, 4) is 0 Å². The molecule has 0 aromatic carbocycles. The van der Waals surface area contributed by atoms with E-state index < -0.39 is 9.84 Å². The van der Waals surface area contributed by atoms with Crippen LogP contribution in [0.1, 0.15) is 38.5 Å². The molecule has 1 heterocycles. The Morgan fingerprint density at radius 1 is 1.19 bits per heavy atom. The molecule has 3 atom stereocenters. The van der Waals surface area contributed by atoms with Gasteiger partial charge in [0.2, 0.25) is 0 Å². The molecule has 0 radical (unpaired) electrons. The van der Waals surface area contributed by atoms with Crippen molar-refractivity contribution in [3.05, 3.63) is 0 Å². The molecule has 0 spiro atoms. The Balaban J connectivity index is 1.94. The Morgan fingerprint density at radius 3 is 2.62 bits per heavy atom. The van der Waals surface area contributed by atoms with Gasteiger partial charge in [-0.25, -0.2) is 8.42 Å². The SMILES string of the molecule is NC1CCCC(S(=O)(=O)CC2CCCO2)C1. The third-order valence-electron chi connectivity index (χ3n) is 3.62. The van der Waals surface area contributed by atoms with Crippen LogP contribution >= 0.6 is 0 Å². The maximum absolute atomic E-state index is 12.2. The number of sulfone groups is 1. The lowest BCUT2D eigenvalue weighted by atomic mass is 9.96. The zero-order valence-electron chi connectivity index (χ0n) is 9.60. The molecule has 16 heavy (non-hydrogen) atoms. The Kier molecular flexibility index (Phi) is 3.87. The van der Waals surface area contributed by atoms with Gasteiger partial charge in [0.25, 0.3) is 0 Å². The van der Waals surface area contributed by atoms with Crippen molar-refractivity contribution < 1.29 is 13.2 Å². The summed E-state index contributed by atoms with van der Waals surface area (Å²) in [4.78, 5) is 0. The molecule has 0 aromatic heterocycles. The molecule has 4 nitrogen and oxygen atoms in total. The minimum Gasteiger partial charge on any atom is -0.377 e. The molecule has 5 heteroatoms. The topological polar surface area (TPSA) is 69.4 Å². The van der Waals surface area contributed by atoms with Crippen LogP contribution in [0.25, 0.3) is 0 Å². The highest BCUT2D eigenvalue weighted by Gasteiger charge is 2.33. The molecule has 1 saturated heterocycles. The zero-order valence-corrected chi connectivity index (χ0v) is 10.4. The van der Waals surface area contributed by atoms with E-state index >= 15 is 0 Å². The van der Waals surface area contributed by atoms with E-state index in [1.54, 1.807) is 0 Å². The van der Waals surface area contributed by atoms with Crippen molar-refractivity contribution in [3.63, 3.8) is 0 Å². The second-order valence-electron chi connectivity index (χ2n) is 5.01. The van der Waals surface area contributed by atoms with Crippen LogP contribution in [0.2, 0.25) is 0 Å². The van der Waals surface area contributed by atoms with Gasteiger partial charge in [-0.15, -0.1) is 0 Å². The standard InChI is InChI=1S/C11H21NO3S/c12-9-3-1-5-11(7-9)16(13,14)8-10-4-2-6-15-10/h9-11H,1-8,12H2. The molecule has 2 fully saturated rings. The fourth-order valence-electron chi connectivity index (χ4n) is 2.68. The van der Waals surface area contributed by atoms with Crippen LogP contribution in [0.5, 0.6) is 0 Å². The summed E-state index contributed by atoms with van der Waals surface area (Å²) in [6.07, 6.45) is 5.13. The van der Waals surface area contributed by atoms with Crippen LogP contribution in [0.3, 0.4) is 0 Å². The van der Waals surface area contributed by atoms with Crippen LogP contribution in [-0.4, -0.2) is 38.2 Å². The largest absolute Gasteiger partial charge is 0.377 e. The molecule has 2 N–H and O–H groups in total. The number of hydrogen-bond acceptors (Lipinski definition) is 4. The lowest BCUT2D eigenvalue weighted by Gasteiger charge is -2.27. The van der Waals surface area contributed by atoms with Crippen LogP contribution < -0.4 is 5.73 Å². The fraction of sp³-hybridized carbons (Fsp3) is 1.00. The predicted molar refractivity (Wildman–Crippen MR) is 63.0 cm³/mol. The van der Waals surface area contributed by atoms with E-state index in [0.717, 1.165) is 32.1 Å². The van der Waals surface area contributed by atoms with Crippen LogP contribution in [-0.2, 0) is 14.6 Å². The third kappa shape index (κ3) is 2.96. The van der Waals surface area contributed by atoms with Gasteiger partial charge in [0.05, 0.1) is 17.1 Å². The molecule has 0 amide bonds. The fourth-order valence-corrected chi connectivity index (χ4v) is 4.80. The summed E-state index contributed by atoms with van der Waals surface area (Å²) in [7, 11) is -3.00. The average Bonchev–Trinajstić information content (AvgIpc) is 2.70. The van der Waals surface area contributed by atoms with Gasteiger partial charge in [-0.2, -0.15) is 0 Å². The molecule has 1 aliphatic heterocycles. The highest BCUT2D eigenvalue weighted by molar-refractivity contribution is 7.92. The van der Waals surface area contributed by atoms with Crippen LogP contribution in [0, 0.1) is 0 Å². The summed E-state index contributed by atoms with van der Waals surface area (Å²) in [6, 6.07) is 0.0676. The first-order chi connectivity index (χ1) is 7.58. The van der Waals surface area contributed by atoms with E-state index in [4.69, 9.17) is 10.5 Å². The van der Waals surface area contributed by atoms with Crippen molar-refractivity contribution in [1.82, 2.24) is 0 Å². The second-order valence-corrected chi connectivity index (χ2v) is 7.34. The minimum atomic E-state index is -3.00. The maximum atomic E-state index is 12.2. The zero-order chi connectivity index (χ0) is 11.6. The molecule has 2 rings (SSSR count). The molecule has 1 aliphatic carbocycles. The van der Waals surface area contributed by atoms with Crippen molar-refractivity contribution >= 4 is 9.84 Å². The van der Waals surface area contributed by atoms with Gasteiger partial charge in [0.15, 0.2) is 9.84 Å². The van der Waals surface area contributed by atoms with E-state index in [1.807, 2.05) is 0 Å². The van der Waals surface area contributed by atoms with E-state index in [2.05, 4.69) is 0 Å². The number of rotatable bonds is 3. The number of hydrogen-bond donors (Lipinski definition) is 1. The van der Waals surface area contributed by atoms with E-state index in [1.165, 1.54) is 0 Å². The van der Waals surface area contributed by atoms with Gasteiger partial charge in [-0.1, -0.05) is 6.42 Å². The van der Waals surface area contributed by atoms with Gasteiger partial charge in [-0.05, 0) is 32.1 Å². The second kappa shape index (κ2) is 5.02. The highest BCUT2D eigenvalue weighted by atomic mass is 32.2. The Morgan fingerprint density at radius 2 is 2.00 bits per heavy atom. The van der Waals surface area contributed by atoms with Gasteiger partial charge < -0.3 is 10.5 Å². The summed E-state index contributed by atoms with van der Waals surface area (Å²) in [5, 5.41) is -0.222. The predicted octanol–water partition coefficient (Wildman–Crippen LogP) is 0.850. The summed E-state index contributed by atoms with van der Waals surface area (Å²) in [6.45, 7) is 0.713. The smallest absolute Gasteiger partial charge is 0.155 e. The molecule has 94 valence electrons. The normalized spacial score (nSPS) is 36.4. The molecule has 3 unspecified atom stereocenters. The first kappa shape index (κ1) is 12.3. The van der Waals surface area contributed by atoms with Crippen molar-refractivity contribution in [2.45, 2.75) is 55.9 Å². The summed E-state index contributed by atoms with van der Waals surface area (Å²) < 4.78 is 29.7. The van der Waals surface area contributed by atoms with Crippen molar-refractivity contribution in [1.29, 1.82) is 0 Å². The minimum absolute atomic E-state index is 0.0665. The molecular formula is C11H21NO3S. The van der Waals surface area contributed by atoms with Crippen molar-refractivity contribution in [2.24, 2.45) is 5.73 Å². The summed E-state index contributed by atoms with van der Waals surface area (Å²) in [5.41, 5.74) is 5.83. The lowest BCUT2D eigenvalue weighted by Crippen LogP contribution is -2.38. The number of ether oxygens (including phenoxy) is 1. The van der Waals surface area contributed by atoms with Gasteiger partial charge in [-0.3, -0.25) is 0 Å². The van der Waals surface area contributed by atoms with E-state index in [-0.39, 0.29) is 23.1 Å². The highest BCUT2D eigenvalue weighted by Crippen LogP contribution is 2.26. The first-order valence-corrected chi connectivity index (χ1v) is 7.88. The first-order valence-electron chi connectivity index (χ1n) is 6.16. The van der Waals surface area contributed by atoms with Crippen LogP contribution in [0.4, 0.5) is 0 Å². The summed E-state index contributed by atoms with van der Waals surface area (Å²) in [5.74, 6) is 0.199. The van der Waals surface area contributed by atoms with Gasteiger partial charge in [0.1, 0.15) is 0 Å². The molecular weight excluding hydrogens is 226 g/mol. The average molecular weight is 247 g/mol. The van der Waals surface area contributed by atoms with Crippen LogP contribution in [0.15, 0.2) is 0 Å². The van der Waals surface area contributed by atoms with Crippen molar-refractivity contribution in [2.75, 3.05) is 12.4 Å². The third-order valence-corrected chi connectivity index (χ3v) is 5.90. The molecule has 0 aromatic rings. The number of nitrogens with two attached hydrogens (primary N) is 1. The van der Waals surface area contributed by atoms with E-state index in [0.29, 0.717) is 13.0 Å². The lowest BCUT2D eigenvalue weighted by molar-refractivity contribution is 0.127. The van der Waals surface area contributed by atoms with Gasteiger partial charge in [0, 0.05) is 12.6 Å². The monoisotopic (exact) mass is 247 g/mol. The summed E-state index contributed by atoms with van der Waals surface area (Å²) >= 11 is 0. The Bertz CT molecular complexity index is 322. The molecule has 2 aliphatic rings. The Labute approximate surface area is 97.5 Å². The Hall–Kier alpha value is -0.130. The van der Waals surface area contributed by atoms with E-state index in [9.17, 15) is 8.42 Å². The quantitative estimate of drug-likeness (QED) is 0.802.